The molecule has 1 aliphatic heterocycles. The molecule has 0 bridgehead atoms. The number of unbranched alkanes of at least 4 members (excludes halogenated alkanes) is 2. The van der Waals surface area contributed by atoms with Crippen molar-refractivity contribution in [3.63, 3.8) is 0 Å². The molecular formula is C31H39ClN6O2. The van der Waals surface area contributed by atoms with E-state index >= 15 is 0 Å². The van der Waals surface area contributed by atoms with Crippen molar-refractivity contribution in [2.75, 3.05) is 30.4 Å². The van der Waals surface area contributed by atoms with Gasteiger partial charge in [0, 0.05) is 12.3 Å². The van der Waals surface area contributed by atoms with E-state index in [4.69, 9.17) is 22.1 Å². The normalized spacial score (nSPS) is 18.6. The quantitative estimate of drug-likeness (QED) is 0.164. The van der Waals surface area contributed by atoms with E-state index < -0.39 is 0 Å². The minimum atomic E-state index is -0.162. The van der Waals surface area contributed by atoms with Crippen LogP contribution in [-0.2, 0) is 17.6 Å². The lowest BCUT2D eigenvalue weighted by molar-refractivity contribution is 0.0930. The Balaban J connectivity index is 1.24. The summed E-state index contributed by atoms with van der Waals surface area (Å²) in [5.74, 6) is 1.48. The number of halogens is 1. The van der Waals surface area contributed by atoms with E-state index in [1.54, 1.807) is 12.3 Å². The molecule has 2 atom stereocenters. The molecule has 1 aliphatic carbocycles. The third-order valence-corrected chi connectivity index (χ3v) is 8.13. The summed E-state index contributed by atoms with van der Waals surface area (Å²) < 4.78 is 5.39. The van der Waals surface area contributed by atoms with Gasteiger partial charge in [-0.1, -0.05) is 49.1 Å². The van der Waals surface area contributed by atoms with Gasteiger partial charge in [0.25, 0.3) is 5.91 Å². The van der Waals surface area contributed by atoms with Gasteiger partial charge in [0.1, 0.15) is 5.02 Å². The van der Waals surface area contributed by atoms with E-state index in [0.717, 1.165) is 43.8 Å². The minimum absolute atomic E-state index is 0.0205. The van der Waals surface area contributed by atoms with E-state index in [2.05, 4.69) is 44.1 Å². The number of nitrogens with zero attached hydrogens (tertiary/aromatic N) is 2. The van der Waals surface area contributed by atoms with Gasteiger partial charge in [0.2, 0.25) is 5.95 Å². The van der Waals surface area contributed by atoms with Gasteiger partial charge in [0.15, 0.2) is 5.82 Å². The number of benzene rings is 2. The molecule has 5 N–H and O–H groups in total. The molecule has 1 amide bonds. The lowest BCUT2D eigenvalue weighted by atomic mass is 9.93. The molecule has 9 heteroatoms. The third-order valence-electron chi connectivity index (χ3n) is 7.86. The Morgan fingerprint density at radius 3 is 2.70 bits per heavy atom. The maximum absolute atomic E-state index is 13.0. The molecule has 40 heavy (non-hydrogen) atoms. The number of nitrogens with one attached hydrogen (secondary N) is 3. The lowest BCUT2D eigenvalue weighted by Crippen LogP contribution is -2.35. The Labute approximate surface area is 241 Å². The van der Waals surface area contributed by atoms with Crippen LogP contribution >= 0.6 is 11.6 Å². The van der Waals surface area contributed by atoms with E-state index in [-0.39, 0.29) is 11.9 Å². The fraction of sp³-hybridized carbons (Fsp3) is 0.452. The average molecular weight is 563 g/mol. The molecule has 3 aromatic rings. The lowest BCUT2D eigenvalue weighted by Gasteiger charge is -2.15. The summed E-state index contributed by atoms with van der Waals surface area (Å²) in [6, 6.07) is 13.9. The van der Waals surface area contributed by atoms with Gasteiger partial charge in [-0.3, -0.25) is 4.79 Å². The largest absolute Gasteiger partial charge is 0.379 e. The first-order valence-electron chi connectivity index (χ1n) is 14.4. The molecule has 1 unspecified atom stereocenters. The summed E-state index contributed by atoms with van der Waals surface area (Å²) in [4.78, 5) is 22.0. The van der Waals surface area contributed by atoms with Crippen molar-refractivity contribution in [1.82, 2.24) is 15.3 Å². The molecule has 2 aromatic carbocycles. The van der Waals surface area contributed by atoms with Crippen molar-refractivity contribution in [3.05, 3.63) is 70.4 Å². The highest BCUT2D eigenvalue weighted by atomic mass is 35.5. The molecule has 1 saturated heterocycles. The second kappa shape index (κ2) is 13.9. The van der Waals surface area contributed by atoms with Crippen LogP contribution in [0.5, 0.6) is 0 Å². The molecule has 0 spiro atoms. The topological polar surface area (TPSA) is 114 Å². The van der Waals surface area contributed by atoms with Crippen LogP contribution in [0.4, 0.5) is 23.1 Å². The highest BCUT2D eigenvalue weighted by Crippen LogP contribution is 2.31. The van der Waals surface area contributed by atoms with Gasteiger partial charge < -0.3 is 26.4 Å². The Hall–Kier alpha value is -3.20. The van der Waals surface area contributed by atoms with Crippen LogP contribution in [0.1, 0.15) is 66.4 Å². The SMILES string of the molecule is NCCCCC[C@H]1CCc2ccc(Nc3ncc(Cl)c(Nc4ccccc4C(=O)NC4CCOC4)n3)cc2CC1. The monoisotopic (exact) mass is 562 g/mol. The van der Waals surface area contributed by atoms with Crippen molar-refractivity contribution >= 4 is 40.6 Å². The Bertz CT molecular complexity index is 1300. The van der Waals surface area contributed by atoms with Crippen LogP contribution in [0.3, 0.4) is 0 Å². The smallest absolute Gasteiger partial charge is 0.253 e. The minimum Gasteiger partial charge on any atom is -0.379 e. The summed E-state index contributed by atoms with van der Waals surface area (Å²) in [5, 5.41) is 9.99. The summed E-state index contributed by atoms with van der Waals surface area (Å²) >= 11 is 6.46. The molecule has 1 fully saturated rings. The average Bonchev–Trinajstić information content (AvgIpc) is 3.39. The summed E-state index contributed by atoms with van der Waals surface area (Å²) in [6.07, 6.45) is 12.0. The first-order chi connectivity index (χ1) is 19.6. The fourth-order valence-electron chi connectivity index (χ4n) is 5.56. The predicted molar refractivity (Wildman–Crippen MR) is 161 cm³/mol. The second-order valence-corrected chi connectivity index (χ2v) is 11.2. The second-order valence-electron chi connectivity index (χ2n) is 10.8. The number of ether oxygens (including phenoxy) is 1. The van der Waals surface area contributed by atoms with E-state index in [1.165, 1.54) is 43.2 Å². The molecule has 8 nitrogen and oxygen atoms in total. The summed E-state index contributed by atoms with van der Waals surface area (Å²) in [6.45, 7) is 1.99. The zero-order chi connectivity index (χ0) is 27.7. The van der Waals surface area contributed by atoms with E-state index in [0.29, 0.717) is 41.3 Å². The first-order valence-corrected chi connectivity index (χ1v) is 14.8. The molecule has 0 radical (unpaired) electrons. The van der Waals surface area contributed by atoms with Crippen LogP contribution in [0, 0.1) is 5.92 Å². The van der Waals surface area contributed by atoms with Crippen molar-refractivity contribution in [2.45, 2.75) is 63.8 Å². The number of rotatable bonds is 11. The van der Waals surface area contributed by atoms with Crippen molar-refractivity contribution < 1.29 is 9.53 Å². The van der Waals surface area contributed by atoms with Crippen LogP contribution in [-0.4, -0.2) is 41.7 Å². The number of nitrogens with two attached hydrogens (primary N) is 1. The van der Waals surface area contributed by atoms with Crippen LogP contribution < -0.4 is 21.7 Å². The van der Waals surface area contributed by atoms with E-state index in [1.807, 2.05) is 18.2 Å². The maximum atomic E-state index is 13.0. The van der Waals surface area contributed by atoms with Crippen LogP contribution in [0.15, 0.2) is 48.7 Å². The molecule has 5 rings (SSSR count). The number of hydrogen-bond acceptors (Lipinski definition) is 7. The van der Waals surface area contributed by atoms with Gasteiger partial charge in [-0.2, -0.15) is 4.98 Å². The maximum Gasteiger partial charge on any atom is 0.253 e. The van der Waals surface area contributed by atoms with Gasteiger partial charge in [0.05, 0.1) is 30.1 Å². The highest BCUT2D eigenvalue weighted by Gasteiger charge is 2.21. The molecule has 2 heterocycles. The van der Waals surface area contributed by atoms with Crippen molar-refractivity contribution in [3.8, 4) is 0 Å². The van der Waals surface area contributed by atoms with Crippen LogP contribution in [0.2, 0.25) is 5.02 Å². The molecule has 0 saturated carbocycles. The highest BCUT2D eigenvalue weighted by molar-refractivity contribution is 6.33. The summed E-state index contributed by atoms with van der Waals surface area (Å²) in [7, 11) is 0. The number of aromatic nitrogens is 2. The van der Waals surface area contributed by atoms with Gasteiger partial charge in [-0.25, -0.2) is 4.98 Å². The molecule has 2 aliphatic rings. The fourth-order valence-corrected chi connectivity index (χ4v) is 5.70. The van der Waals surface area contributed by atoms with E-state index in [9.17, 15) is 4.79 Å². The van der Waals surface area contributed by atoms with Crippen LogP contribution in [0.25, 0.3) is 0 Å². The predicted octanol–water partition coefficient (Wildman–Crippen LogP) is 6.15. The number of aryl methyl sites for hydroxylation is 2. The Morgan fingerprint density at radius 1 is 1.02 bits per heavy atom. The Morgan fingerprint density at radius 2 is 1.88 bits per heavy atom. The number of hydrogen-bond donors (Lipinski definition) is 4. The molecule has 1 aromatic heterocycles. The molecular weight excluding hydrogens is 524 g/mol. The third kappa shape index (κ3) is 7.50. The van der Waals surface area contributed by atoms with Gasteiger partial charge >= 0.3 is 0 Å². The van der Waals surface area contributed by atoms with Crippen molar-refractivity contribution in [1.29, 1.82) is 0 Å². The van der Waals surface area contributed by atoms with Gasteiger partial charge in [-0.05, 0) is 86.4 Å². The number of carbonyl (C=O) groups is 1. The number of carbonyl (C=O) groups excluding carboxylic acids is 1. The number of anilines is 4. The zero-order valence-corrected chi connectivity index (χ0v) is 23.7. The van der Waals surface area contributed by atoms with Gasteiger partial charge in [-0.15, -0.1) is 0 Å². The summed E-state index contributed by atoms with van der Waals surface area (Å²) in [5.41, 5.74) is 10.6. The zero-order valence-electron chi connectivity index (χ0n) is 22.9. The first kappa shape index (κ1) is 28.3. The number of para-hydroxylation sites is 1. The molecule has 212 valence electrons. The standard InChI is InChI=1S/C31H39ClN6O2/c32-27-19-34-31(36-24-14-13-22-11-9-21(6-2-1-5-16-33)10-12-23(22)18-24)38-29(27)37-28-8-4-3-7-26(28)30(39)35-25-15-17-40-20-25/h3-4,7-8,13-14,18-19,21,25H,1-2,5-6,9-12,15-17,20,33H2,(H,35,39)(H2,34,36,37,38)/t21-,25?/m0/s1. The Kier molecular flexibility index (Phi) is 9.86. The van der Waals surface area contributed by atoms with Crippen molar-refractivity contribution in [2.24, 2.45) is 11.7 Å². The number of fused-ring (bicyclic) bond motifs is 1. The number of amides is 1.